The molecule has 6 nitrogen and oxygen atoms in total. The summed E-state index contributed by atoms with van der Waals surface area (Å²) in [5.74, 6) is 6.95. The predicted molar refractivity (Wildman–Crippen MR) is 75.1 cm³/mol. The Balaban J connectivity index is 1.70. The highest BCUT2D eigenvalue weighted by atomic mass is 32.2. The number of carbonyl (C=O) groups is 1. The van der Waals surface area contributed by atoms with Crippen molar-refractivity contribution in [1.82, 2.24) is 14.9 Å². The molecule has 0 radical (unpaired) electrons. The van der Waals surface area contributed by atoms with Crippen molar-refractivity contribution in [3.63, 3.8) is 0 Å². The molecular weight excluding hydrogens is 276 g/mol. The molecule has 1 heterocycles. The molecule has 3 rings (SSSR count). The smallest absolute Gasteiger partial charge is 0.335 e. The molecule has 1 aromatic carbocycles. The van der Waals surface area contributed by atoms with Crippen molar-refractivity contribution in [3.05, 3.63) is 41.2 Å². The van der Waals surface area contributed by atoms with E-state index in [0.717, 1.165) is 24.2 Å². The molecule has 0 bridgehead atoms. The van der Waals surface area contributed by atoms with E-state index in [1.54, 1.807) is 22.9 Å². The van der Waals surface area contributed by atoms with Crippen molar-refractivity contribution in [2.24, 2.45) is 0 Å². The van der Waals surface area contributed by atoms with Crippen molar-refractivity contribution >= 4 is 17.7 Å². The number of rotatable bonds is 5. The molecule has 2 aromatic rings. The van der Waals surface area contributed by atoms with Gasteiger partial charge in [0.2, 0.25) is 5.16 Å². The second kappa shape index (κ2) is 5.16. The number of nitrogens with zero attached hydrogens (tertiary/aromatic N) is 3. The van der Waals surface area contributed by atoms with Crippen LogP contribution >= 0.6 is 11.8 Å². The molecule has 0 saturated heterocycles. The number of carboxylic acids is 1. The first-order valence-corrected chi connectivity index (χ1v) is 7.29. The van der Waals surface area contributed by atoms with Gasteiger partial charge in [0.25, 0.3) is 0 Å². The number of benzene rings is 1. The summed E-state index contributed by atoms with van der Waals surface area (Å²) in [5.41, 5.74) is 1.21. The van der Waals surface area contributed by atoms with E-state index in [9.17, 15) is 4.79 Å². The fourth-order valence-corrected chi connectivity index (χ4v) is 2.76. The van der Waals surface area contributed by atoms with Crippen LogP contribution in [0.1, 0.15) is 40.5 Å². The van der Waals surface area contributed by atoms with Gasteiger partial charge in [0.15, 0.2) is 5.82 Å². The second-order valence-electron chi connectivity index (χ2n) is 4.78. The third-order valence-electron chi connectivity index (χ3n) is 3.18. The van der Waals surface area contributed by atoms with Gasteiger partial charge in [-0.2, -0.15) is 0 Å². The molecule has 3 N–H and O–H groups in total. The lowest BCUT2D eigenvalue weighted by Gasteiger charge is -2.03. The number of nitrogen functional groups attached to an aromatic ring is 1. The summed E-state index contributed by atoms with van der Waals surface area (Å²) in [6, 6.07) is 6.86. The molecule has 0 spiro atoms. The first-order valence-electron chi connectivity index (χ1n) is 6.30. The van der Waals surface area contributed by atoms with Gasteiger partial charge in [-0.3, -0.25) is 0 Å². The van der Waals surface area contributed by atoms with Crippen LogP contribution in [0.2, 0.25) is 0 Å². The fraction of sp³-hybridized carbons (Fsp3) is 0.308. The lowest BCUT2D eigenvalue weighted by molar-refractivity contribution is 0.0697. The van der Waals surface area contributed by atoms with Crippen LogP contribution in [0.3, 0.4) is 0 Å². The van der Waals surface area contributed by atoms with E-state index in [2.05, 4.69) is 10.2 Å². The van der Waals surface area contributed by atoms with Crippen LogP contribution in [-0.2, 0) is 5.75 Å². The first-order chi connectivity index (χ1) is 9.65. The van der Waals surface area contributed by atoms with Gasteiger partial charge < -0.3 is 10.9 Å². The Morgan fingerprint density at radius 1 is 1.45 bits per heavy atom. The zero-order valence-electron chi connectivity index (χ0n) is 10.7. The molecule has 1 aromatic heterocycles. The Morgan fingerprint density at radius 2 is 2.25 bits per heavy atom. The van der Waals surface area contributed by atoms with E-state index < -0.39 is 5.97 Å². The standard InChI is InChI=1S/C13H14N4O2S/c14-17-11(9-4-5-9)15-16-13(17)20-7-8-2-1-3-10(6-8)12(18)19/h1-3,6,9H,4-5,7,14H2,(H,18,19). The van der Waals surface area contributed by atoms with Crippen molar-refractivity contribution in [3.8, 4) is 0 Å². The Kier molecular flexibility index (Phi) is 3.35. The summed E-state index contributed by atoms with van der Waals surface area (Å²) < 4.78 is 1.55. The average molecular weight is 290 g/mol. The zero-order chi connectivity index (χ0) is 14.1. The molecule has 0 aliphatic heterocycles. The molecule has 1 aliphatic rings. The molecule has 104 valence electrons. The SMILES string of the molecule is Nn1c(SCc2cccc(C(=O)O)c2)nnc1C1CC1. The maximum atomic E-state index is 10.9. The Bertz CT molecular complexity index is 652. The molecule has 0 atom stereocenters. The average Bonchev–Trinajstić information content (AvgIpc) is 3.21. The van der Waals surface area contributed by atoms with E-state index in [1.165, 1.54) is 11.8 Å². The monoisotopic (exact) mass is 290 g/mol. The summed E-state index contributed by atoms with van der Waals surface area (Å²) in [6.07, 6.45) is 2.25. The molecule has 0 unspecified atom stereocenters. The fourth-order valence-electron chi connectivity index (χ4n) is 1.95. The molecule has 1 aliphatic carbocycles. The summed E-state index contributed by atoms with van der Waals surface area (Å²) in [4.78, 5) is 10.9. The van der Waals surface area contributed by atoms with Crippen LogP contribution in [0.5, 0.6) is 0 Å². The summed E-state index contributed by atoms with van der Waals surface area (Å²) in [6.45, 7) is 0. The Hall–Kier alpha value is -2.02. The van der Waals surface area contributed by atoms with E-state index in [4.69, 9.17) is 10.9 Å². The Labute approximate surface area is 120 Å². The first kappa shape index (κ1) is 13.0. The highest BCUT2D eigenvalue weighted by molar-refractivity contribution is 7.98. The molecule has 20 heavy (non-hydrogen) atoms. The molecule has 1 saturated carbocycles. The highest BCUT2D eigenvalue weighted by Gasteiger charge is 2.29. The van der Waals surface area contributed by atoms with Crippen LogP contribution < -0.4 is 5.84 Å². The van der Waals surface area contributed by atoms with Gasteiger partial charge in [0.05, 0.1) is 5.56 Å². The number of thioether (sulfide) groups is 1. The van der Waals surface area contributed by atoms with Crippen LogP contribution in [-0.4, -0.2) is 25.9 Å². The third kappa shape index (κ3) is 2.62. The number of carboxylic acid groups (broad SMARTS) is 1. The van der Waals surface area contributed by atoms with Gasteiger partial charge in [-0.05, 0) is 30.5 Å². The van der Waals surface area contributed by atoms with Crippen molar-refractivity contribution < 1.29 is 9.90 Å². The van der Waals surface area contributed by atoms with Crippen LogP contribution in [0.4, 0.5) is 0 Å². The second-order valence-corrected chi connectivity index (χ2v) is 5.72. The van der Waals surface area contributed by atoms with E-state index in [0.29, 0.717) is 16.8 Å². The number of hydrogen-bond donors (Lipinski definition) is 2. The van der Waals surface area contributed by atoms with Gasteiger partial charge in [0.1, 0.15) is 0 Å². The number of nitrogens with two attached hydrogens (primary N) is 1. The minimum atomic E-state index is -0.921. The summed E-state index contributed by atoms with van der Waals surface area (Å²) in [5, 5.41) is 17.8. The largest absolute Gasteiger partial charge is 0.478 e. The number of aromatic carboxylic acids is 1. The van der Waals surface area contributed by atoms with Crippen molar-refractivity contribution in [2.45, 2.75) is 29.7 Å². The van der Waals surface area contributed by atoms with Gasteiger partial charge in [-0.1, -0.05) is 23.9 Å². The van der Waals surface area contributed by atoms with Crippen molar-refractivity contribution in [1.29, 1.82) is 0 Å². The van der Waals surface area contributed by atoms with Gasteiger partial charge in [0, 0.05) is 11.7 Å². The van der Waals surface area contributed by atoms with Crippen molar-refractivity contribution in [2.75, 3.05) is 5.84 Å². The van der Waals surface area contributed by atoms with Crippen LogP contribution in [0.25, 0.3) is 0 Å². The number of aromatic nitrogens is 3. The topological polar surface area (TPSA) is 94.0 Å². The van der Waals surface area contributed by atoms with Crippen LogP contribution in [0, 0.1) is 0 Å². The minimum Gasteiger partial charge on any atom is -0.478 e. The minimum absolute atomic E-state index is 0.288. The molecule has 0 amide bonds. The van der Waals surface area contributed by atoms with Gasteiger partial charge in [-0.15, -0.1) is 10.2 Å². The summed E-state index contributed by atoms with van der Waals surface area (Å²) in [7, 11) is 0. The lowest BCUT2D eigenvalue weighted by Crippen LogP contribution is -2.13. The molecule has 1 fully saturated rings. The van der Waals surface area contributed by atoms with E-state index in [-0.39, 0.29) is 5.56 Å². The maximum absolute atomic E-state index is 10.9. The molecule has 7 heteroatoms. The number of hydrogen-bond acceptors (Lipinski definition) is 5. The lowest BCUT2D eigenvalue weighted by atomic mass is 10.1. The zero-order valence-corrected chi connectivity index (χ0v) is 11.5. The molecular formula is C13H14N4O2S. The maximum Gasteiger partial charge on any atom is 0.335 e. The van der Waals surface area contributed by atoms with Gasteiger partial charge in [-0.25, -0.2) is 9.47 Å². The quantitative estimate of drug-likeness (QED) is 0.645. The summed E-state index contributed by atoms with van der Waals surface area (Å²) >= 11 is 1.46. The Morgan fingerprint density at radius 3 is 2.95 bits per heavy atom. The van der Waals surface area contributed by atoms with Crippen LogP contribution in [0.15, 0.2) is 29.4 Å². The highest BCUT2D eigenvalue weighted by Crippen LogP contribution is 2.39. The normalized spacial score (nSPS) is 14.4. The van der Waals surface area contributed by atoms with E-state index >= 15 is 0 Å². The van der Waals surface area contributed by atoms with Gasteiger partial charge >= 0.3 is 5.97 Å². The predicted octanol–water partition coefficient (Wildman–Crippen LogP) is 1.86. The van der Waals surface area contributed by atoms with E-state index in [1.807, 2.05) is 6.07 Å². The third-order valence-corrected chi connectivity index (χ3v) is 4.19.